The van der Waals surface area contributed by atoms with Crippen LogP contribution in [0.25, 0.3) is 0 Å². The Hall–Kier alpha value is -1.93. The van der Waals surface area contributed by atoms with E-state index in [1.807, 2.05) is 0 Å². The highest BCUT2D eigenvalue weighted by Crippen LogP contribution is 2.21. The molecule has 0 saturated carbocycles. The largest absolute Gasteiger partial charge is 0.467 e. The summed E-state index contributed by atoms with van der Waals surface area (Å²) in [4.78, 5) is 27.8. The number of methoxy groups -OCH3 is 1. The zero-order valence-electron chi connectivity index (χ0n) is 13.3. The number of hydrogen-bond donors (Lipinski definition) is 1. The normalized spacial score (nSPS) is 14.5. The van der Waals surface area contributed by atoms with E-state index in [2.05, 4.69) is 25.2 Å². The lowest BCUT2D eigenvalue weighted by atomic mass is 10.1. The first-order valence-electron chi connectivity index (χ1n) is 7.73. The van der Waals surface area contributed by atoms with Crippen molar-refractivity contribution in [2.45, 2.75) is 25.8 Å². The number of nitrogens with one attached hydrogen (secondary N) is 1. The Morgan fingerprint density at radius 3 is 2.75 bits per heavy atom. The number of hydrogen-bond acceptors (Lipinski definition) is 7. The fourth-order valence-electron chi connectivity index (χ4n) is 2.47. The molecule has 3 rings (SSSR count). The molecule has 1 aliphatic rings. The van der Waals surface area contributed by atoms with E-state index in [0.717, 1.165) is 25.9 Å². The van der Waals surface area contributed by atoms with Crippen LogP contribution in [-0.4, -0.2) is 41.1 Å². The van der Waals surface area contributed by atoms with Crippen molar-refractivity contribution in [3.63, 3.8) is 0 Å². The van der Waals surface area contributed by atoms with Gasteiger partial charge >= 0.3 is 6.01 Å². The molecule has 24 heavy (non-hydrogen) atoms. The van der Waals surface area contributed by atoms with Crippen LogP contribution >= 0.6 is 22.9 Å². The number of amides is 1. The molecule has 1 fully saturated rings. The molecule has 0 unspecified atom stereocenters. The lowest BCUT2D eigenvalue weighted by Gasteiger charge is -2.26. The van der Waals surface area contributed by atoms with Crippen LogP contribution in [0.2, 0.25) is 4.34 Å². The molecule has 128 valence electrons. The molecule has 0 atom stereocenters. The zero-order valence-corrected chi connectivity index (χ0v) is 14.9. The van der Waals surface area contributed by atoms with E-state index < -0.39 is 0 Å². The van der Waals surface area contributed by atoms with Gasteiger partial charge in [0.15, 0.2) is 5.82 Å². The lowest BCUT2D eigenvalue weighted by Crippen LogP contribution is -2.32. The fraction of sp³-hybridized carbons (Fsp3) is 0.467. The second kappa shape index (κ2) is 7.76. The minimum Gasteiger partial charge on any atom is -0.467 e. The van der Waals surface area contributed by atoms with Crippen LogP contribution in [0.4, 0.5) is 5.95 Å². The summed E-state index contributed by atoms with van der Waals surface area (Å²) in [6.07, 6.45) is 3.48. The van der Waals surface area contributed by atoms with E-state index in [1.54, 1.807) is 12.1 Å². The molecular formula is C15H18ClN5O2S. The first-order chi connectivity index (χ1) is 11.7. The fourth-order valence-corrected chi connectivity index (χ4v) is 3.43. The predicted molar refractivity (Wildman–Crippen MR) is 92.9 cm³/mol. The van der Waals surface area contributed by atoms with Gasteiger partial charge in [-0.25, -0.2) is 0 Å². The summed E-state index contributed by atoms with van der Waals surface area (Å²) in [5.74, 6) is 0.870. The van der Waals surface area contributed by atoms with Crippen molar-refractivity contribution in [2.75, 3.05) is 25.1 Å². The lowest BCUT2D eigenvalue weighted by molar-refractivity contribution is 0.0953. The van der Waals surface area contributed by atoms with E-state index in [9.17, 15) is 4.79 Å². The van der Waals surface area contributed by atoms with Gasteiger partial charge in [-0.15, -0.1) is 11.3 Å². The molecule has 1 N–H and O–H groups in total. The Labute approximate surface area is 149 Å². The number of rotatable bonds is 5. The summed E-state index contributed by atoms with van der Waals surface area (Å²) >= 11 is 7.08. The Morgan fingerprint density at radius 1 is 1.29 bits per heavy atom. The number of ether oxygens (including phenoxy) is 1. The van der Waals surface area contributed by atoms with E-state index in [0.29, 0.717) is 21.0 Å². The van der Waals surface area contributed by atoms with Crippen LogP contribution in [0, 0.1) is 0 Å². The third-order valence-electron chi connectivity index (χ3n) is 3.67. The number of piperidine rings is 1. The zero-order chi connectivity index (χ0) is 16.9. The number of nitrogens with zero attached hydrogens (tertiary/aromatic N) is 4. The predicted octanol–water partition coefficient (Wildman–Crippen LogP) is 2.52. The van der Waals surface area contributed by atoms with Crippen LogP contribution in [0.3, 0.4) is 0 Å². The standard InChI is InChI=1S/C15H18ClN5O2S/c1-23-15-19-12(9-17-13(22)10-5-6-11(16)24-10)18-14(20-15)21-7-3-2-4-8-21/h5-6H,2-4,7-9H2,1H3,(H,17,22). The second-order valence-corrected chi connectivity index (χ2v) is 7.09. The summed E-state index contributed by atoms with van der Waals surface area (Å²) in [7, 11) is 1.52. The highest BCUT2D eigenvalue weighted by molar-refractivity contribution is 7.17. The number of thiophene rings is 1. The molecule has 0 aromatic carbocycles. The number of carbonyl (C=O) groups excluding carboxylic acids is 1. The Bertz CT molecular complexity index is 718. The average Bonchev–Trinajstić information content (AvgIpc) is 3.06. The van der Waals surface area contributed by atoms with E-state index in [1.165, 1.54) is 24.9 Å². The summed E-state index contributed by atoms with van der Waals surface area (Å²) in [6.45, 7) is 2.05. The summed E-state index contributed by atoms with van der Waals surface area (Å²) < 4.78 is 5.74. The highest BCUT2D eigenvalue weighted by atomic mass is 35.5. The first-order valence-corrected chi connectivity index (χ1v) is 8.92. The molecule has 1 saturated heterocycles. The van der Waals surface area contributed by atoms with Crippen LogP contribution in [-0.2, 0) is 6.54 Å². The molecular weight excluding hydrogens is 350 g/mol. The van der Waals surface area contributed by atoms with Crippen LogP contribution < -0.4 is 15.0 Å². The van der Waals surface area contributed by atoms with Crippen molar-refractivity contribution in [2.24, 2.45) is 0 Å². The molecule has 7 nitrogen and oxygen atoms in total. The summed E-state index contributed by atoms with van der Waals surface area (Å²) in [6, 6.07) is 3.64. The van der Waals surface area contributed by atoms with Crippen molar-refractivity contribution in [3.8, 4) is 6.01 Å². The number of halogens is 1. The van der Waals surface area contributed by atoms with Crippen molar-refractivity contribution in [1.29, 1.82) is 0 Å². The van der Waals surface area contributed by atoms with Crippen molar-refractivity contribution >= 4 is 34.8 Å². The van der Waals surface area contributed by atoms with Gasteiger partial charge in [0.05, 0.1) is 22.9 Å². The molecule has 3 heterocycles. The molecule has 0 bridgehead atoms. The maximum absolute atomic E-state index is 12.1. The number of aromatic nitrogens is 3. The van der Waals surface area contributed by atoms with Gasteiger partial charge in [0, 0.05) is 13.1 Å². The van der Waals surface area contributed by atoms with Gasteiger partial charge < -0.3 is 15.0 Å². The maximum atomic E-state index is 12.1. The van der Waals surface area contributed by atoms with Crippen molar-refractivity contribution in [3.05, 3.63) is 27.2 Å². The van der Waals surface area contributed by atoms with Crippen LogP contribution in [0.5, 0.6) is 6.01 Å². The minimum atomic E-state index is -0.203. The van der Waals surface area contributed by atoms with Crippen molar-refractivity contribution in [1.82, 2.24) is 20.3 Å². The smallest absolute Gasteiger partial charge is 0.321 e. The quantitative estimate of drug-likeness (QED) is 0.874. The van der Waals surface area contributed by atoms with Gasteiger partial charge in [0.25, 0.3) is 5.91 Å². The van der Waals surface area contributed by atoms with Gasteiger partial charge in [-0.3, -0.25) is 4.79 Å². The maximum Gasteiger partial charge on any atom is 0.321 e. The molecule has 0 spiro atoms. The third-order valence-corrected chi connectivity index (χ3v) is 4.90. The SMILES string of the molecule is COc1nc(CNC(=O)c2ccc(Cl)s2)nc(N2CCCCC2)n1. The number of carbonyl (C=O) groups is 1. The van der Waals surface area contributed by atoms with Gasteiger partial charge in [-0.1, -0.05) is 11.6 Å². The summed E-state index contributed by atoms with van der Waals surface area (Å²) in [5.41, 5.74) is 0. The van der Waals surface area contributed by atoms with E-state index >= 15 is 0 Å². The highest BCUT2D eigenvalue weighted by Gasteiger charge is 2.17. The van der Waals surface area contributed by atoms with Crippen molar-refractivity contribution < 1.29 is 9.53 Å². The van der Waals surface area contributed by atoms with Gasteiger partial charge in [-0.05, 0) is 31.4 Å². The minimum absolute atomic E-state index is 0.202. The topological polar surface area (TPSA) is 80.2 Å². The monoisotopic (exact) mass is 367 g/mol. The third kappa shape index (κ3) is 4.12. The van der Waals surface area contributed by atoms with Gasteiger partial charge in [0.1, 0.15) is 0 Å². The van der Waals surface area contributed by atoms with E-state index in [-0.39, 0.29) is 18.5 Å². The molecule has 1 amide bonds. The first kappa shape index (κ1) is 16.9. The second-order valence-electron chi connectivity index (χ2n) is 5.37. The van der Waals surface area contributed by atoms with Gasteiger partial charge in [-0.2, -0.15) is 15.0 Å². The molecule has 0 radical (unpaired) electrons. The van der Waals surface area contributed by atoms with E-state index in [4.69, 9.17) is 16.3 Å². The van der Waals surface area contributed by atoms with Crippen LogP contribution in [0.15, 0.2) is 12.1 Å². The molecule has 2 aromatic rings. The average molecular weight is 368 g/mol. The number of anilines is 1. The Morgan fingerprint density at radius 2 is 2.08 bits per heavy atom. The molecule has 9 heteroatoms. The van der Waals surface area contributed by atoms with Gasteiger partial charge in [0.2, 0.25) is 5.95 Å². The summed E-state index contributed by atoms with van der Waals surface area (Å²) in [5, 5.41) is 2.80. The van der Waals surface area contributed by atoms with Crippen LogP contribution in [0.1, 0.15) is 34.8 Å². The Balaban J connectivity index is 1.71. The molecule has 1 aliphatic heterocycles. The molecule has 2 aromatic heterocycles. The Kier molecular flexibility index (Phi) is 5.47. The molecule has 0 aliphatic carbocycles.